The summed E-state index contributed by atoms with van der Waals surface area (Å²) in [6.07, 6.45) is 2.89. The Balaban J connectivity index is 1.76. The molecule has 19 heavy (non-hydrogen) atoms. The molecule has 3 rings (SSSR count). The molecule has 1 aliphatic heterocycles. The first-order valence-corrected chi connectivity index (χ1v) is 7.58. The number of hydrogen-bond acceptors (Lipinski definition) is 4. The zero-order chi connectivity index (χ0) is 13.2. The molecule has 2 N–H and O–H groups in total. The number of fused-ring (bicyclic) bond motifs is 1. The van der Waals surface area contributed by atoms with Gasteiger partial charge in [0.05, 0.1) is 5.01 Å². The van der Waals surface area contributed by atoms with Crippen molar-refractivity contribution in [3.8, 4) is 0 Å². The molecule has 0 radical (unpaired) electrons. The number of aryl methyl sites for hydroxylation is 1. The fourth-order valence-electron chi connectivity index (χ4n) is 2.89. The minimum atomic E-state index is 0.370. The fourth-order valence-corrected chi connectivity index (χ4v) is 3.50. The van der Waals surface area contributed by atoms with Gasteiger partial charge in [-0.3, -0.25) is 4.90 Å². The van der Waals surface area contributed by atoms with E-state index in [1.807, 2.05) is 11.6 Å². The Kier molecular flexibility index (Phi) is 3.64. The summed E-state index contributed by atoms with van der Waals surface area (Å²) in [7, 11) is 0. The minimum absolute atomic E-state index is 0.370. The summed E-state index contributed by atoms with van der Waals surface area (Å²) in [5, 5.41) is 3.25. The molecule has 1 aromatic heterocycles. The lowest BCUT2D eigenvalue weighted by Crippen LogP contribution is -2.29. The van der Waals surface area contributed by atoms with Crippen LogP contribution in [0.1, 0.15) is 27.7 Å². The molecule has 0 fully saturated rings. The highest BCUT2D eigenvalue weighted by Gasteiger charge is 2.29. The van der Waals surface area contributed by atoms with Crippen LogP contribution in [0.4, 0.5) is 0 Å². The molecule has 0 amide bonds. The van der Waals surface area contributed by atoms with Crippen LogP contribution >= 0.6 is 11.3 Å². The van der Waals surface area contributed by atoms with E-state index in [0.29, 0.717) is 12.6 Å². The number of benzene rings is 1. The van der Waals surface area contributed by atoms with Gasteiger partial charge in [-0.15, -0.1) is 11.3 Å². The summed E-state index contributed by atoms with van der Waals surface area (Å²) in [5.41, 5.74) is 10.3. The number of nitrogens with zero attached hydrogens (tertiary/aromatic N) is 2. The van der Waals surface area contributed by atoms with Gasteiger partial charge >= 0.3 is 0 Å². The van der Waals surface area contributed by atoms with Gasteiger partial charge in [-0.2, -0.15) is 0 Å². The van der Waals surface area contributed by atoms with Crippen LogP contribution in [0, 0.1) is 6.92 Å². The van der Waals surface area contributed by atoms with Crippen LogP contribution in [0.15, 0.2) is 29.8 Å². The van der Waals surface area contributed by atoms with Gasteiger partial charge in [0.15, 0.2) is 0 Å². The molecule has 0 aliphatic carbocycles. The Morgan fingerprint density at radius 1 is 1.47 bits per heavy atom. The standard InChI is InChI=1S/C15H19N3S/c1-11-3-2-4-12-13(11)10-18(14(12)9-16)7-5-15-17-6-8-19-15/h2-4,6,8,14H,5,7,9-10,16H2,1H3. The van der Waals surface area contributed by atoms with Gasteiger partial charge in [-0.05, 0) is 23.6 Å². The van der Waals surface area contributed by atoms with E-state index in [0.717, 1.165) is 19.5 Å². The lowest BCUT2D eigenvalue weighted by Gasteiger charge is -2.23. The first kappa shape index (κ1) is 12.8. The topological polar surface area (TPSA) is 42.2 Å². The highest BCUT2D eigenvalue weighted by Crippen LogP contribution is 2.34. The largest absolute Gasteiger partial charge is 0.329 e. The van der Waals surface area contributed by atoms with E-state index in [1.165, 1.54) is 21.7 Å². The van der Waals surface area contributed by atoms with Gasteiger partial charge in [0, 0.05) is 43.7 Å². The minimum Gasteiger partial charge on any atom is -0.329 e. The molecular formula is C15H19N3S. The molecule has 100 valence electrons. The van der Waals surface area contributed by atoms with Gasteiger partial charge in [-0.25, -0.2) is 4.98 Å². The summed E-state index contributed by atoms with van der Waals surface area (Å²) < 4.78 is 0. The zero-order valence-corrected chi connectivity index (χ0v) is 12.0. The highest BCUT2D eigenvalue weighted by atomic mass is 32.1. The van der Waals surface area contributed by atoms with Crippen molar-refractivity contribution < 1.29 is 0 Å². The predicted octanol–water partition coefficient (Wildman–Crippen LogP) is 2.51. The maximum atomic E-state index is 5.98. The Morgan fingerprint density at radius 3 is 3.11 bits per heavy atom. The second-order valence-corrected chi connectivity index (χ2v) is 6.02. The summed E-state index contributed by atoms with van der Waals surface area (Å²) in [4.78, 5) is 6.84. The summed E-state index contributed by atoms with van der Waals surface area (Å²) in [6, 6.07) is 6.93. The molecule has 1 aliphatic rings. The van der Waals surface area contributed by atoms with Gasteiger partial charge in [-0.1, -0.05) is 18.2 Å². The third-order valence-electron chi connectivity index (χ3n) is 3.93. The SMILES string of the molecule is Cc1cccc2c1CN(CCc1nccs1)C2CN. The fraction of sp³-hybridized carbons (Fsp3) is 0.400. The molecule has 1 atom stereocenters. The number of nitrogens with two attached hydrogens (primary N) is 1. The Bertz CT molecular complexity index is 551. The van der Waals surface area contributed by atoms with Crippen LogP contribution in [0.3, 0.4) is 0 Å². The molecular weight excluding hydrogens is 254 g/mol. The van der Waals surface area contributed by atoms with Crippen molar-refractivity contribution in [1.82, 2.24) is 9.88 Å². The number of rotatable bonds is 4. The molecule has 0 saturated heterocycles. The first-order valence-electron chi connectivity index (χ1n) is 6.70. The Labute approximate surface area is 118 Å². The zero-order valence-electron chi connectivity index (χ0n) is 11.2. The summed E-state index contributed by atoms with van der Waals surface area (Å²) in [6.45, 7) is 4.93. The van der Waals surface area contributed by atoms with Gasteiger partial charge in [0.25, 0.3) is 0 Å². The van der Waals surface area contributed by atoms with E-state index in [1.54, 1.807) is 11.3 Å². The van der Waals surface area contributed by atoms with Crippen molar-refractivity contribution in [2.45, 2.75) is 25.9 Å². The van der Waals surface area contributed by atoms with Crippen LogP contribution in [-0.4, -0.2) is 23.0 Å². The lowest BCUT2D eigenvalue weighted by atomic mass is 10.0. The van der Waals surface area contributed by atoms with E-state index < -0.39 is 0 Å². The van der Waals surface area contributed by atoms with E-state index in [9.17, 15) is 0 Å². The Morgan fingerprint density at radius 2 is 2.37 bits per heavy atom. The average Bonchev–Trinajstić information content (AvgIpc) is 3.03. The van der Waals surface area contributed by atoms with Crippen LogP contribution < -0.4 is 5.73 Å². The van der Waals surface area contributed by atoms with Crippen LogP contribution in [0.25, 0.3) is 0 Å². The maximum absolute atomic E-state index is 5.98. The molecule has 4 heteroatoms. The second-order valence-electron chi connectivity index (χ2n) is 5.04. The second kappa shape index (κ2) is 5.41. The molecule has 1 unspecified atom stereocenters. The Hall–Kier alpha value is -1.23. The number of thiazole rings is 1. The van der Waals surface area contributed by atoms with Gasteiger partial charge < -0.3 is 5.73 Å². The van der Waals surface area contributed by atoms with Crippen molar-refractivity contribution in [2.24, 2.45) is 5.73 Å². The number of aromatic nitrogens is 1. The normalized spacial score (nSPS) is 18.7. The van der Waals surface area contributed by atoms with Crippen molar-refractivity contribution in [2.75, 3.05) is 13.1 Å². The van der Waals surface area contributed by atoms with E-state index >= 15 is 0 Å². The molecule has 2 heterocycles. The smallest absolute Gasteiger partial charge is 0.0937 e. The first-order chi connectivity index (χ1) is 9.29. The number of hydrogen-bond donors (Lipinski definition) is 1. The third-order valence-corrected chi connectivity index (χ3v) is 4.77. The van der Waals surface area contributed by atoms with Crippen molar-refractivity contribution in [1.29, 1.82) is 0 Å². The third kappa shape index (κ3) is 2.43. The average molecular weight is 273 g/mol. The van der Waals surface area contributed by atoms with E-state index in [2.05, 4.69) is 35.0 Å². The molecule has 0 spiro atoms. The summed E-state index contributed by atoms with van der Waals surface area (Å²) >= 11 is 1.73. The molecule has 2 aromatic rings. The molecule has 1 aromatic carbocycles. The monoisotopic (exact) mass is 273 g/mol. The molecule has 0 saturated carbocycles. The van der Waals surface area contributed by atoms with Crippen molar-refractivity contribution in [3.63, 3.8) is 0 Å². The van der Waals surface area contributed by atoms with Crippen LogP contribution in [0.2, 0.25) is 0 Å². The van der Waals surface area contributed by atoms with Crippen LogP contribution in [0.5, 0.6) is 0 Å². The maximum Gasteiger partial charge on any atom is 0.0937 e. The van der Waals surface area contributed by atoms with Gasteiger partial charge in [0.2, 0.25) is 0 Å². The highest BCUT2D eigenvalue weighted by molar-refractivity contribution is 7.09. The van der Waals surface area contributed by atoms with Crippen LogP contribution in [-0.2, 0) is 13.0 Å². The van der Waals surface area contributed by atoms with Crippen molar-refractivity contribution in [3.05, 3.63) is 51.5 Å². The van der Waals surface area contributed by atoms with E-state index in [4.69, 9.17) is 5.73 Å². The predicted molar refractivity (Wildman–Crippen MR) is 79.2 cm³/mol. The van der Waals surface area contributed by atoms with E-state index in [-0.39, 0.29) is 0 Å². The molecule has 3 nitrogen and oxygen atoms in total. The van der Waals surface area contributed by atoms with Gasteiger partial charge in [0.1, 0.15) is 0 Å². The quantitative estimate of drug-likeness (QED) is 0.930. The van der Waals surface area contributed by atoms with Crippen molar-refractivity contribution >= 4 is 11.3 Å². The summed E-state index contributed by atoms with van der Waals surface area (Å²) in [5.74, 6) is 0. The lowest BCUT2D eigenvalue weighted by molar-refractivity contribution is 0.222. The molecule has 0 bridgehead atoms.